The second-order valence-corrected chi connectivity index (χ2v) is 7.48. The maximum atomic E-state index is 13.2. The summed E-state index contributed by atoms with van der Waals surface area (Å²) in [6.07, 6.45) is 4.70. The molecule has 126 valence electrons. The van der Waals surface area contributed by atoms with Gasteiger partial charge in [-0.25, -0.2) is 4.39 Å². The van der Waals surface area contributed by atoms with Crippen LogP contribution in [0.5, 0.6) is 0 Å². The van der Waals surface area contributed by atoms with Crippen LogP contribution in [0, 0.1) is 11.2 Å². The third kappa shape index (κ3) is 3.38. The van der Waals surface area contributed by atoms with Crippen molar-refractivity contribution in [1.82, 2.24) is 10.6 Å². The summed E-state index contributed by atoms with van der Waals surface area (Å²) in [5, 5.41) is 7.39. The predicted molar refractivity (Wildman–Crippen MR) is 95.4 cm³/mol. The molecule has 4 rings (SSSR count). The number of piperidine rings is 1. The van der Waals surface area contributed by atoms with Gasteiger partial charge in [-0.15, -0.1) is 0 Å². The predicted octanol–water partition coefficient (Wildman–Crippen LogP) is 3.84. The van der Waals surface area contributed by atoms with Crippen LogP contribution in [0.2, 0.25) is 0 Å². The summed E-state index contributed by atoms with van der Waals surface area (Å²) in [5.74, 6) is -0.156. The van der Waals surface area contributed by atoms with Crippen molar-refractivity contribution in [2.24, 2.45) is 5.41 Å². The zero-order valence-corrected chi connectivity index (χ0v) is 14.0. The van der Waals surface area contributed by atoms with Crippen LogP contribution in [0.3, 0.4) is 0 Å². The van der Waals surface area contributed by atoms with Gasteiger partial charge in [0, 0.05) is 18.6 Å². The fourth-order valence-electron chi connectivity index (χ4n) is 4.48. The maximum Gasteiger partial charge on any atom is 0.123 e. The van der Waals surface area contributed by atoms with Gasteiger partial charge in [-0.3, -0.25) is 0 Å². The molecule has 24 heavy (non-hydrogen) atoms. The smallest absolute Gasteiger partial charge is 0.123 e. The van der Waals surface area contributed by atoms with Crippen LogP contribution in [-0.2, 0) is 6.42 Å². The fraction of sp³-hybridized carbons (Fsp3) is 0.429. The van der Waals surface area contributed by atoms with Crippen LogP contribution in [0.15, 0.2) is 54.6 Å². The molecule has 0 aliphatic carbocycles. The van der Waals surface area contributed by atoms with Crippen molar-refractivity contribution in [3.05, 3.63) is 71.5 Å². The van der Waals surface area contributed by atoms with Crippen LogP contribution in [0.4, 0.5) is 4.39 Å². The average molecular weight is 324 g/mol. The highest BCUT2D eigenvalue weighted by molar-refractivity contribution is 5.23. The van der Waals surface area contributed by atoms with E-state index in [0.717, 1.165) is 25.9 Å². The van der Waals surface area contributed by atoms with Crippen molar-refractivity contribution in [3.8, 4) is 0 Å². The van der Waals surface area contributed by atoms with Gasteiger partial charge >= 0.3 is 0 Å². The molecule has 2 heterocycles. The van der Waals surface area contributed by atoms with E-state index in [0.29, 0.717) is 17.5 Å². The Kier molecular flexibility index (Phi) is 4.38. The molecule has 2 N–H and O–H groups in total. The number of nitrogens with one attached hydrogen (secondary N) is 2. The van der Waals surface area contributed by atoms with Gasteiger partial charge in [0.25, 0.3) is 0 Å². The van der Waals surface area contributed by atoms with Gasteiger partial charge in [-0.1, -0.05) is 42.5 Å². The first-order valence-corrected chi connectivity index (χ1v) is 8.99. The maximum absolute atomic E-state index is 13.2. The molecule has 2 aromatic carbocycles. The fourth-order valence-corrected chi connectivity index (χ4v) is 4.48. The lowest BCUT2D eigenvalue weighted by Gasteiger charge is -2.38. The Hall–Kier alpha value is -1.71. The summed E-state index contributed by atoms with van der Waals surface area (Å²) >= 11 is 0. The molecule has 0 aromatic heterocycles. The third-order valence-corrected chi connectivity index (χ3v) is 5.73. The number of hydrogen-bond acceptors (Lipinski definition) is 2. The zero-order valence-electron chi connectivity index (χ0n) is 14.0. The number of halogens is 1. The summed E-state index contributed by atoms with van der Waals surface area (Å²) in [5.41, 5.74) is 3.00. The van der Waals surface area contributed by atoms with Crippen molar-refractivity contribution >= 4 is 0 Å². The summed E-state index contributed by atoms with van der Waals surface area (Å²) < 4.78 is 13.2. The highest BCUT2D eigenvalue weighted by atomic mass is 19.1. The van der Waals surface area contributed by atoms with E-state index in [9.17, 15) is 4.39 Å². The normalized spacial score (nSPS) is 29.9. The average Bonchev–Trinajstić information content (AvgIpc) is 3.00. The van der Waals surface area contributed by atoms with Gasteiger partial charge in [-0.05, 0) is 60.9 Å². The Balaban J connectivity index is 1.43. The second-order valence-electron chi connectivity index (χ2n) is 7.48. The summed E-state index contributed by atoms with van der Waals surface area (Å²) in [6.45, 7) is 2.16. The van der Waals surface area contributed by atoms with Crippen LogP contribution in [0.25, 0.3) is 0 Å². The van der Waals surface area contributed by atoms with E-state index >= 15 is 0 Å². The van der Waals surface area contributed by atoms with E-state index in [4.69, 9.17) is 0 Å². The lowest BCUT2D eigenvalue weighted by molar-refractivity contribution is 0.181. The van der Waals surface area contributed by atoms with E-state index in [1.54, 1.807) is 12.1 Å². The first kappa shape index (κ1) is 15.8. The molecule has 3 unspecified atom stereocenters. The van der Waals surface area contributed by atoms with Crippen LogP contribution in [0.1, 0.15) is 36.4 Å². The van der Waals surface area contributed by atoms with Crippen LogP contribution < -0.4 is 10.6 Å². The van der Waals surface area contributed by atoms with Gasteiger partial charge in [-0.2, -0.15) is 0 Å². The van der Waals surface area contributed by atoms with Gasteiger partial charge in [0.1, 0.15) is 5.82 Å². The molecular weight excluding hydrogens is 299 g/mol. The summed E-state index contributed by atoms with van der Waals surface area (Å²) in [4.78, 5) is 0. The Morgan fingerprint density at radius 3 is 2.54 bits per heavy atom. The SMILES string of the molecule is Fc1ccc(C2CC3(CCNC(Cc4ccccc4)C3)CN2)cc1. The van der Waals surface area contributed by atoms with E-state index in [-0.39, 0.29) is 5.82 Å². The Labute approximate surface area is 143 Å². The molecule has 1 spiro atoms. The van der Waals surface area contributed by atoms with Gasteiger partial charge in [0.05, 0.1) is 0 Å². The Bertz CT molecular complexity index is 670. The van der Waals surface area contributed by atoms with Crippen molar-refractivity contribution in [1.29, 1.82) is 0 Å². The van der Waals surface area contributed by atoms with Crippen LogP contribution >= 0.6 is 0 Å². The number of hydrogen-bond donors (Lipinski definition) is 2. The topological polar surface area (TPSA) is 24.1 Å². The minimum Gasteiger partial charge on any atom is -0.314 e. The molecule has 2 fully saturated rings. The molecule has 2 saturated heterocycles. The molecule has 0 saturated carbocycles. The lowest BCUT2D eigenvalue weighted by Crippen LogP contribution is -2.46. The van der Waals surface area contributed by atoms with Gasteiger partial charge in [0.2, 0.25) is 0 Å². The molecule has 2 aliphatic heterocycles. The van der Waals surface area contributed by atoms with Gasteiger partial charge < -0.3 is 10.6 Å². The molecule has 2 aliphatic rings. The number of benzene rings is 2. The molecular formula is C21H25FN2. The molecule has 0 radical (unpaired) electrons. The largest absolute Gasteiger partial charge is 0.314 e. The minimum atomic E-state index is -0.156. The monoisotopic (exact) mass is 324 g/mol. The zero-order chi connectivity index (χ0) is 16.4. The standard InChI is InChI=1S/C21H25FN2/c22-18-8-6-17(7-9-18)20-14-21(15-24-20)10-11-23-19(13-21)12-16-4-2-1-3-5-16/h1-9,19-20,23-24H,10-15H2. The first-order valence-electron chi connectivity index (χ1n) is 8.99. The lowest BCUT2D eigenvalue weighted by atomic mass is 9.73. The first-order chi connectivity index (χ1) is 11.7. The molecule has 2 aromatic rings. The molecule has 0 amide bonds. The Morgan fingerprint density at radius 1 is 0.958 bits per heavy atom. The third-order valence-electron chi connectivity index (χ3n) is 5.73. The molecule has 0 bridgehead atoms. The van der Waals surface area contributed by atoms with E-state index < -0.39 is 0 Å². The van der Waals surface area contributed by atoms with E-state index in [1.807, 2.05) is 12.1 Å². The Morgan fingerprint density at radius 2 is 1.75 bits per heavy atom. The minimum absolute atomic E-state index is 0.156. The van der Waals surface area contributed by atoms with Crippen molar-refractivity contribution in [2.75, 3.05) is 13.1 Å². The molecule has 3 heteroatoms. The second kappa shape index (κ2) is 6.66. The molecule has 3 atom stereocenters. The van der Waals surface area contributed by atoms with Crippen molar-refractivity contribution in [2.45, 2.75) is 37.8 Å². The van der Waals surface area contributed by atoms with Crippen LogP contribution in [-0.4, -0.2) is 19.1 Å². The van der Waals surface area contributed by atoms with E-state index in [2.05, 4.69) is 41.0 Å². The summed E-state index contributed by atoms with van der Waals surface area (Å²) in [7, 11) is 0. The van der Waals surface area contributed by atoms with Gasteiger partial charge in [0.15, 0.2) is 0 Å². The molecule has 2 nitrogen and oxygen atoms in total. The quantitative estimate of drug-likeness (QED) is 0.896. The van der Waals surface area contributed by atoms with Crippen molar-refractivity contribution < 1.29 is 4.39 Å². The highest BCUT2D eigenvalue weighted by Gasteiger charge is 2.42. The number of rotatable bonds is 3. The van der Waals surface area contributed by atoms with Crippen molar-refractivity contribution in [3.63, 3.8) is 0 Å². The van der Waals surface area contributed by atoms with E-state index in [1.165, 1.54) is 24.0 Å². The highest BCUT2D eigenvalue weighted by Crippen LogP contribution is 2.44. The summed E-state index contributed by atoms with van der Waals surface area (Å²) in [6, 6.07) is 18.7.